The van der Waals surface area contributed by atoms with Crippen LogP contribution in [0, 0.1) is 0 Å². The lowest BCUT2D eigenvalue weighted by molar-refractivity contribution is 1.34. The topological polar surface area (TPSA) is 51.6 Å². The molecule has 4 aromatic heterocycles. The summed E-state index contributed by atoms with van der Waals surface area (Å²) < 4.78 is 0. The molecule has 0 unspecified atom stereocenters. The fraction of sp³-hybridized carbons (Fsp3) is 0. The van der Waals surface area contributed by atoms with E-state index in [4.69, 9.17) is 19.9 Å². The summed E-state index contributed by atoms with van der Waals surface area (Å²) in [6, 6.07) is 43.6. The smallest absolute Gasteiger partial charge is 0.0979 e. The summed E-state index contributed by atoms with van der Waals surface area (Å²) in [5.74, 6) is 0. The third-order valence-corrected chi connectivity index (χ3v) is 7.51. The van der Waals surface area contributed by atoms with Crippen molar-refractivity contribution in [1.82, 2.24) is 19.9 Å². The van der Waals surface area contributed by atoms with E-state index < -0.39 is 0 Å². The summed E-state index contributed by atoms with van der Waals surface area (Å²) in [5.41, 5.74) is 9.49. The normalized spacial score (nSPS) is 11.5. The van der Waals surface area contributed by atoms with Crippen LogP contribution in [0.15, 0.2) is 134 Å². The second kappa shape index (κ2) is 9.07. The van der Waals surface area contributed by atoms with Crippen LogP contribution in [0.25, 0.3) is 77.4 Å². The molecule has 0 saturated carbocycles. The van der Waals surface area contributed by atoms with Crippen LogP contribution >= 0.6 is 0 Å². The molecule has 0 aliphatic rings. The van der Waals surface area contributed by atoms with Crippen molar-refractivity contribution in [3.05, 3.63) is 134 Å². The summed E-state index contributed by atoms with van der Waals surface area (Å²) in [5, 5.41) is 4.28. The number of para-hydroxylation sites is 2. The quantitative estimate of drug-likeness (QED) is 0.223. The fourth-order valence-corrected chi connectivity index (χ4v) is 5.53. The highest BCUT2D eigenvalue weighted by atomic mass is 14.8. The van der Waals surface area contributed by atoms with E-state index in [1.165, 1.54) is 0 Å². The largest absolute Gasteiger partial charge is 0.254 e. The van der Waals surface area contributed by atoms with Crippen LogP contribution in [0.1, 0.15) is 0 Å². The molecule has 40 heavy (non-hydrogen) atoms. The molecule has 8 aromatic rings. The number of rotatable bonds is 3. The molecule has 4 nitrogen and oxygen atoms in total. The zero-order chi connectivity index (χ0) is 26.5. The summed E-state index contributed by atoms with van der Waals surface area (Å²) in [6.45, 7) is 0. The Morgan fingerprint density at radius 1 is 0.400 bits per heavy atom. The van der Waals surface area contributed by atoms with Gasteiger partial charge in [0.1, 0.15) is 0 Å². The van der Waals surface area contributed by atoms with E-state index in [9.17, 15) is 0 Å². The number of pyridine rings is 4. The maximum atomic E-state index is 5.20. The Morgan fingerprint density at radius 2 is 1.00 bits per heavy atom. The molecule has 186 valence electrons. The van der Waals surface area contributed by atoms with Gasteiger partial charge >= 0.3 is 0 Å². The minimum atomic E-state index is 0.852. The van der Waals surface area contributed by atoms with Crippen LogP contribution in [0.4, 0.5) is 0 Å². The third-order valence-electron chi connectivity index (χ3n) is 7.51. The number of fused-ring (bicyclic) bond motifs is 5. The van der Waals surface area contributed by atoms with Gasteiger partial charge in [0.05, 0.1) is 39.1 Å². The summed E-state index contributed by atoms with van der Waals surface area (Å²) >= 11 is 0. The zero-order valence-corrected chi connectivity index (χ0v) is 21.5. The van der Waals surface area contributed by atoms with Gasteiger partial charge in [0, 0.05) is 44.4 Å². The molecule has 0 saturated heterocycles. The highest BCUT2D eigenvalue weighted by Gasteiger charge is 2.16. The summed E-state index contributed by atoms with van der Waals surface area (Å²) in [4.78, 5) is 20.1. The van der Waals surface area contributed by atoms with Gasteiger partial charge in [-0.15, -0.1) is 0 Å². The number of hydrogen-bond acceptors (Lipinski definition) is 4. The lowest BCUT2D eigenvalue weighted by atomic mass is 9.97. The SMILES string of the molecule is c1ccc(-c2cc(-c3ccc4ccccc4n3)c3ccc4c(-c5ccc6ccccc6n5)ccnc4c3n2)cc1. The molecule has 0 spiro atoms. The van der Waals surface area contributed by atoms with Gasteiger partial charge < -0.3 is 0 Å². The van der Waals surface area contributed by atoms with Crippen LogP contribution in [0.5, 0.6) is 0 Å². The van der Waals surface area contributed by atoms with Gasteiger partial charge in [0.2, 0.25) is 0 Å². The molecule has 0 atom stereocenters. The lowest BCUT2D eigenvalue weighted by Gasteiger charge is -2.13. The lowest BCUT2D eigenvalue weighted by Crippen LogP contribution is -1.95. The van der Waals surface area contributed by atoms with Crippen LogP contribution < -0.4 is 0 Å². The first-order valence-electron chi connectivity index (χ1n) is 13.3. The Labute approximate surface area is 230 Å². The fourth-order valence-electron chi connectivity index (χ4n) is 5.53. The van der Waals surface area contributed by atoms with Crippen LogP contribution in [-0.2, 0) is 0 Å². The molecule has 0 aliphatic carbocycles. The van der Waals surface area contributed by atoms with Crippen LogP contribution in [-0.4, -0.2) is 19.9 Å². The first-order valence-corrected chi connectivity index (χ1v) is 13.3. The van der Waals surface area contributed by atoms with Gasteiger partial charge in [-0.3, -0.25) is 4.98 Å². The van der Waals surface area contributed by atoms with Crippen LogP contribution in [0.2, 0.25) is 0 Å². The highest BCUT2D eigenvalue weighted by molar-refractivity contribution is 6.12. The van der Waals surface area contributed by atoms with Gasteiger partial charge in [-0.25, -0.2) is 15.0 Å². The number of benzene rings is 4. The number of nitrogens with zero attached hydrogens (tertiary/aromatic N) is 4. The standard InChI is InChI=1S/C36H22N4/c1-2-8-23(9-3-1)34-22-29(33-19-15-25-11-5-7-13-31(25)39-33)28-17-16-27-26(20-21-37-35(27)36(28)40-34)32-18-14-24-10-4-6-12-30(24)38-32/h1-22H. The minimum absolute atomic E-state index is 0.852. The van der Waals surface area contributed by atoms with Gasteiger partial charge in [0.15, 0.2) is 0 Å². The van der Waals surface area contributed by atoms with Crippen molar-refractivity contribution in [2.45, 2.75) is 0 Å². The van der Waals surface area contributed by atoms with E-state index in [1.807, 2.05) is 60.8 Å². The van der Waals surface area contributed by atoms with Gasteiger partial charge in [0.25, 0.3) is 0 Å². The first-order chi connectivity index (χ1) is 19.8. The van der Waals surface area contributed by atoms with Gasteiger partial charge in [-0.05, 0) is 36.4 Å². The summed E-state index contributed by atoms with van der Waals surface area (Å²) in [7, 11) is 0. The van der Waals surface area contributed by atoms with Crippen molar-refractivity contribution >= 4 is 43.6 Å². The van der Waals surface area contributed by atoms with E-state index in [0.29, 0.717) is 0 Å². The van der Waals surface area contributed by atoms with Crippen molar-refractivity contribution < 1.29 is 0 Å². The zero-order valence-electron chi connectivity index (χ0n) is 21.5. The molecule has 0 amide bonds. The monoisotopic (exact) mass is 510 g/mol. The Morgan fingerprint density at radius 3 is 1.70 bits per heavy atom. The number of hydrogen-bond donors (Lipinski definition) is 0. The molecule has 4 heterocycles. The van der Waals surface area contributed by atoms with Crippen molar-refractivity contribution in [2.24, 2.45) is 0 Å². The number of aromatic nitrogens is 4. The predicted molar refractivity (Wildman–Crippen MR) is 164 cm³/mol. The molecule has 0 aliphatic heterocycles. The molecule has 0 fully saturated rings. The average molecular weight is 511 g/mol. The Kier molecular flexibility index (Phi) is 5.10. The minimum Gasteiger partial charge on any atom is -0.254 e. The molecule has 0 radical (unpaired) electrons. The van der Waals surface area contributed by atoms with Crippen molar-refractivity contribution in [3.63, 3.8) is 0 Å². The third kappa shape index (κ3) is 3.69. The molecule has 8 rings (SSSR count). The van der Waals surface area contributed by atoms with Gasteiger partial charge in [-0.1, -0.05) is 91.0 Å². The van der Waals surface area contributed by atoms with Crippen molar-refractivity contribution in [1.29, 1.82) is 0 Å². The maximum Gasteiger partial charge on any atom is 0.0979 e. The van der Waals surface area contributed by atoms with E-state index in [-0.39, 0.29) is 0 Å². The summed E-state index contributed by atoms with van der Waals surface area (Å²) in [6.07, 6.45) is 1.86. The van der Waals surface area contributed by atoms with E-state index in [0.717, 1.165) is 77.4 Å². The van der Waals surface area contributed by atoms with Crippen molar-refractivity contribution in [3.8, 4) is 33.8 Å². The van der Waals surface area contributed by atoms with E-state index in [1.54, 1.807) is 0 Å². The second-order valence-electron chi connectivity index (χ2n) is 9.92. The maximum absolute atomic E-state index is 5.20. The molecular formula is C36H22N4. The average Bonchev–Trinajstić information content (AvgIpc) is 3.03. The van der Waals surface area contributed by atoms with Crippen molar-refractivity contribution in [2.75, 3.05) is 0 Å². The molecule has 4 aromatic carbocycles. The Hall–Kier alpha value is -5.48. The van der Waals surface area contributed by atoms with Crippen LogP contribution in [0.3, 0.4) is 0 Å². The highest BCUT2D eigenvalue weighted by Crippen LogP contribution is 2.37. The predicted octanol–water partition coefficient (Wildman–Crippen LogP) is 8.88. The molecule has 4 heteroatoms. The second-order valence-corrected chi connectivity index (χ2v) is 9.92. The van der Waals surface area contributed by atoms with E-state index in [2.05, 4.69) is 72.8 Å². The first kappa shape index (κ1) is 22.5. The van der Waals surface area contributed by atoms with Gasteiger partial charge in [-0.2, -0.15) is 0 Å². The molecule has 0 bridgehead atoms. The molecular weight excluding hydrogens is 488 g/mol. The van der Waals surface area contributed by atoms with E-state index >= 15 is 0 Å². The Bertz CT molecular complexity index is 2220. The Balaban J connectivity index is 1.42. The molecule has 0 N–H and O–H groups in total.